The number of amides is 3. The number of ether oxygens (including phenoxy) is 1. The van der Waals surface area contributed by atoms with Gasteiger partial charge in [-0.25, -0.2) is 4.79 Å². The highest BCUT2D eigenvalue weighted by Crippen LogP contribution is 2.06. The van der Waals surface area contributed by atoms with Crippen LogP contribution in [-0.2, 0) is 14.3 Å². The van der Waals surface area contributed by atoms with Crippen molar-refractivity contribution >= 4 is 17.7 Å². The molecule has 0 atom stereocenters. The molecule has 1 aliphatic rings. The molecule has 1 rings (SSSR count). The summed E-state index contributed by atoms with van der Waals surface area (Å²) >= 11 is 0. The van der Waals surface area contributed by atoms with Crippen molar-refractivity contribution in [2.24, 2.45) is 0 Å². The van der Waals surface area contributed by atoms with Crippen molar-refractivity contribution in [2.45, 2.75) is 0 Å². The van der Waals surface area contributed by atoms with E-state index < -0.39 is 6.03 Å². The van der Waals surface area contributed by atoms with E-state index in [0.29, 0.717) is 0 Å². The summed E-state index contributed by atoms with van der Waals surface area (Å²) in [6.45, 7) is -0.240. The van der Waals surface area contributed by atoms with E-state index in [1.54, 1.807) is 0 Å². The monoisotopic (exact) mass is 200 g/mol. The normalized spacial score (nSPS) is 16.7. The molecule has 0 aromatic rings. The van der Waals surface area contributed by atoms with Crippen LogP contribution in [0.1, 0.15) is 0 Å². The molecule has 0 bridgehead atoms. The fourth-order valence-electron chi connectivity index (χ4n) is 1.21. The van der Waals surface area contributed by atoms with Gasteiger partial charge in [0.15, 0.2) is 5.78 Å². The predicted molar refractivity (Wildman–Crippen MR) is 46.6 cm³/mol. The summed E-state index contributed by atoms with van der Waals surface area (Å²) in [4.78, 5) is 35.8. The first-order chi connectivity index (χ1) is 6.56. The van der Waals surface area contributed by atoms with Crippen LogP contribution in [0.3, 0.4) is 0 Å². The summed E-state index contributed by atoms with van der Waals surface area (Å²) in [5, 5.41) is 0. The molecule has 6 nitrogen and oxygen atoms in total. The zero-order valence-corrected chi connectivity index (χ0v) is 8.15. The largest absolute Gasteiger partial charge is 0.377 e. The number of likely N-dealkylation sites (N-methyl/N-ethyl adjacent to an activating group) is 1. The molecule has 78 valence electrons. The van der Waals surface area contributed by atoms with E-state index in [-0.39, 0.29) is 31.4 Å². The van der Waals surface area contributed by atoms with Crippen LogP contribution < -0.4 is 0 Å². The van der Waals surface area contributed by atoms with Crippen molar-refractivity contribution < 1.29 is 19.1 Å². The average Bonchev–Trinajstić information content (AvgIpc) is 2.33. The lowest BCUT2D eigenvalue weighted by Gasteiger charge is -2.12. The standard InChI is InChI=1S/C8H12N2O4/c1-9-4-7(12)10(8(9)13)3-6(11)5-14-2/h3-5H2,1-2H3. The van der Waals surface area contributed by atoms with Crippen LogP contribution in [0.2, 0.25) is 0 Å². The Morgan fingerprint density at radius 1 is 1.50 bits per heavy atom. The maximum Gasteiger partial charge on any atom is 0.327 e. The third-order valence-electron chi connectivity index (χ3n) is 1.87. The minimum Gasteiger partial charge on any atom is -0.377 e. The van der Waals surface area contributed by atoms with E-state index in [9.17, 15) is 14.4 Å². The topological polar surface area (TPSA) is 66.9 Å². The van der Waals surface area contributed by atoms with Gasteiger partial charge >= 0.3 is 6.03 Å². The molecule has 1 fully saturated rings. The zero-order valence-electron chi connectivity index (χ0n) is 8.15. The highest BCUT2D eigenvalue weighted by Gasteiger charge is 2.34. The van der Waals surface area contributed by atoms with E-state index in [1.165, 1.54) is 19.1 Å². The number of carbonyl (C=O) groups is 3. The van der Waals surface area contributed by atoms with Crippen LogP contribution in [0.25, 0.3) is 0 Å². The Kier molecular flexibility index (Phi) is 3.19. The second-order valence-electron chi connectivity index (χ2n) is 3.09. The maximum absolute atomic E-state index is 11.3. The summed E-state index contributed by atoms with van der Waals surface area (Å²) in [5.41, 5.74) is 0. The molecule has 0 unspecified atom stereocenters. The molecule has 0 aromatic carbocycles. The molecule has 1 heterocycles. The van der Waals surface area contributed by atoms with Crippen LogP contribution in [0, 0.1) is 0 Å². The Morgan fingerprint density at radius 2 is 2.14 bits per heavy atom. The van der Waals surface area contributed by atoms with Gasteiger partial charge < -0.3 is 9.64 Å². The van der Waals surface area contributed by atoms with Gasteiger partial charge in [0.1, 0.15) is 13.2 Å². The Labute approximate surface area is 81.4 Å². The number of carbonyl (C=O) groups excluding carboxylic acids is 3. The number of nitrogens with zero attached hydrogens (tertiary/aromatic N) is 2. The molecule has 1 saturated heterocycles. The molecule has 0 aromatic heterocycles. The van der Waals surface area contributed by atoms with Crippen molar-refractivity contribution in [1.82, 2.24) is 9.80 Å². The molecule has 0 saturated carbocycles. The molecule has 1 aliphatic heterocycles. The lowest BCUT2D eigenvalue weighted by molar-refractivity contribution is -0.131. The first kappa shape index (κ1) is 10.6. The summed E-state index contributed by atoms with van der Waals surface area (Å²) in [6.07, 6.45) is 0. The van der Waals surface area contributed by atoms with Crippen molar-refractivity contribution in [3.63, 3.8) is 0 Å². The predicted octanol–water partition coefficient (Wildman–Crippen LogP) is -0.904. The lowest BCUT2D eigenvalue weighted by atomic mass is 10.4. The quantitative estimate of drug-likeness (QED) is 0.551. The third kappa shape index (κ3) is 2.08. The van der Waals surface area contributed by atoms with E-state index >= 15 is 0 Å². The highest BCUT2D eigenvalue weighted by molar-refractivity contribution is 6.04. The number of ketones is 1. The van der Waals surface area contributed by atoms with Crippen LogP contribution in [0.4, 0.5) is 4.79 Å². The summed E-state index contributed by atoms with van der Waals surface area (Å²) in [5.74, 6) is -0.633. The van der Waals surface area contributed by atoms with Gasteiger partial charge in [-0.3, -0.25) is 14.5 Å². The van der Waals surface area contributed by atoms with Crippen molar-refractivity contribution in [2.75, 3.05) is 33.9 Å². The number of Topliss-reactive ketones (excluding diaryl/α,β-unsaturated/α-hetero) is 1. The second kappa shape index (κ2) is 4.19. The van der Waals surface area contributed by atoms with Crippen molar-refractivity contribution in [3.8, 4) is 0 Å². The Morgan fingerprint density at radius 3 is 2.57 bits per heavy atom. The number of hydrogen-bond acceptors (Lipinski definition) is 4. The minimum atomic E-state index is -0.431. The summed E-state index contributed by atoms with van der Waals surface area (Å²) in [6, 6.07) is -0.431. The zero-order chi connectivity index (χ0) is 10.7. The number of hydrogen-bond donors (Lipinski definition) is 0. The van der Waals surface area contributed by atoms with Crippen molar-refractivity contribution in [1.29, 1.82) is 0 Å². The smallest absolute Gasteiger partial charge is 0.327 e. The van der Waals surface area contributed by atoms with Crippen LogP contribution >= 0.6 is 0 Å². The molecular weight excluding hydrogens is 188 g/mol. The Bertz CT molecular complexity index is 277. The van der Waals surface area contributed by atoms with Gasteiger partial charge in [-0.1, -0.05) is 0 Å². The fraction of sp³-hybridized carbons (Fsp3) is 0.625. The third-order valence-corrected chi connectivity index (χ3v) is 1.87. The van der Waals surface area contributed by atoms with Crippen molar-refractivity contribution in [3.05, 3.63) is 0 Å². The molecule has 0 radical (unpaired) electrons. The van der Waals surface area contributed by atoms with Gasteiger partial charge in [0.2, 0.25) is 0 Å². The van der Waals surface area contributed by atoms with Gasteiger partial charge in [-0.15, -0.1) is 0 Å². The molecular formula is C8H12N2O4. The van der Waals surface area contributed by atoms with E-state index in [1.807, 2.05) is 0 Å². The fourth-order valence-corrected chi connectivity index (χ4v) is 1.21. The number of urea groups is 1. The molecule has 0 aliphatic carbocycles. The molecule has 14 heavy (non-hydrogen) atoms. The van der Waals surface area contributed by atoms with Gasteiger partial charge in [0.05, 0.1) is 6.54 Å². The second-order valence-corrected chi connectivity index (χ2v) is 3.09. The Balaban J connectivity index is 2.56. The molecule has 0 N–H and O–H groups in total. The number of imide groups is 1. The molecule has 3 amide bonds. The van der Waals surface area contributed by atoms with Gasteiger partial charge in [-0.05, 0) is 0 Å². The number of methoxy groups -OCH3 is 1. The van der Waals surface area contributed by atoms with Gasteiger partial charge in [0.25, 0.3) is 5.91 Å². The Hall–Kier alpha value is -1.43. The average molecular weight is 200 g/mol. The SMILES string of the molecule is COCC(=O)CN1C(=O)CN(C)C1=O. The van der Waals surface area contributed by atoms with Crippen LogP contribution in [-0.4, -0.2) is 61.4 Å². The van der Waals surface area contributed by atoms with E-state index in [0.717, 1.165) is 4.90 Å². The van der Waals surface area contributed by atoms with E-state index in [4.69, 9.17) is 0 Å². The van der Waals surface area contributed by atoms with E-state index in [2.05, 4.69) is 4.74 Å². The van der Waals surface area contributed by atoms with Gasteiger partial charge in [0, 0.05) is 14.2 Å². The molecule has 6 heteroatoms. The van der Waals surface area contributed by atoms with Crippen LogP contribution in [0.15, 0.2) is 0 Å². The summed E-state index contributed by atoms with van der Waals surface area (Å²) < 4.78 is 4.60. The minimum absolute atomic E-state index is 0.0408. The summed E-state index contributed by atoms with van der Waals surface area (Å²) in [7, 11) is 2.90. The first-order valence-electron chi connectivity index (χ1n) is 4.12. The number of rotatable bonds is 4. The first-order valence-corrected chi connectivity index (χ1v) is 4.12. The molecule has 0 spiro atoms. The highest BCUT2D eigenvalue weighted by atomic mass is 16.5. The van der Waals surface area contributed by atoms with Gasteiger partial charge in [-0.2, -0.15) is 0 Å². The maximum atomic E-state index is 11.3. The van der Waals surface area contributed by atoms with Crippen LogP contribution in [0.5, 0.6) is 0 Å². The lowest BCUT2D eigenvalue weighted by Crippen LogP contribution is -2.37.